The molecular weight excluding hydrogens is 332 g/mol. The van der Waals surface area contributed by atoms with Gasteiger partial charge in [0.05, 0.1) is 17.9 Å². The lowest BCUT2D eigenvalue weighted by molar-refractivity contribution is -0.00697. The van der Waals surface area contributed by atoms with Crippen LogP contribution in [0.25, 0.3) is 0 Å². The van der Waals surface area contributed by atoms with E-state index in [1.54, 1.807) is 19.2 Å². The Morgan fingerprint density at radius 2 is 1.96 bits per heavy atom. The molecule has 2 atom stereocenters. The van der Waals surface area contributed by atoms with Gasteiger partial charge in [-0.05, 0) is 38.0 Å². The zero-order valence-electron chi connectivity index (χ0n) is 15.3. The van der Waals surface area contributed by atoms with Crippen LogP contribution in [0.4, 0.5) is 0 Å². The average Bonchev–Trinajstić information content (AvgIpc) is 3.05. The second-order valence-corrected chi connectivity index (χ2v) is 6.54. The second kappa shape index (κ2) is 7.70. The molecule has 0 bridgehead atoms. The summed E-state index contributed by atoms with van der Waals surface area (Å²) in [5.74, 6) is -0.286. The standard InChI is InChI=1S/C19H24N4O3/c1-11-10-15-16(12(2)26-11)22-23-17(15)19(25)21-9-8-13-4-6-14(7-5-13)18(24)20-3/h4-7,11-12H,8-10H2,1-3H3,(H,20,24)(H,21,25)(H,22,23)/t11-,12+/m0/s1. The van der Waals surface area contributed by atoms with E-state index in [0.717, 1.165) is 16.8 Å². The van der Waals surface area contributed by atoms with Crippen LogP contribution >= 0.6 is 0 Å². The fraction of sp³-hybridized carbons (Fsp3) is 0.421. The van der Waals surface area contributed by atoms with Gasteiger partial charge in [-0.25, -0.2) is 0 Å². The number of nitrogens with zero attached hydrogens (tertiary/aromatic N) is 1. The third kappa shape index (κ3) is 3.77. The van der Waals surface area contributed by atoms with Gasteiger partial charge in [0.1, 0.15) is 0 Å². The number of fused-ring (bicyclic) bond motifs is 1. The molecule has 0 aliphatic carbocycles. The first kappa shape index (κ1) is 18.1. The molecule has 3 rings (SSSR count). The topological polar surface area (TPSA) is 96.1 Å². The van der Waals surface area contributed by atoms with Gasteiger partial charge in [-0.3, -0.25) is 14.7 Å². The molecule has 3 N–H and O–H groups in total. The molecule has 2 heterocycles. The molecule has 0 radical (unpaired) electrons. The molecule has 0 unspecified atom stereocenters. The molecule has 1 aliphatic heterocycles. The number of nitrogens with one attached hydrogen (secondary N) is 3. The van der Waals surface area contributed by atoms with E-state index in [1.807, 2.05) is 26.0 Å². The molecule has 7 nitrogen and oxygen atoms in total. The summed E-state index contributed by atoms with van der Waals surface area (Å²) >= 11 is 0. The van der Waals surface area contributed by atoms with E-state index < -0.39 is 0 Å². The van der Waals surface area contributed by atoms with Crippen LogP contribution in [0.3, 0.4) is 0 Å². The van der Waals surface area contributed by atoms with Gasteiger partial charge in [0.2, 0.25) is 0 Å². The summed E-state index contributed by atoms with van der Waals surface area (Å²) in [6.45, 7) is 4.45. The molecule has 2 aromatic rings. The van der Waals surface area contributed by atoms with Crippen LogP contribution < -0.4 is 10.6 Å². The number of hydrogen-bond acceptors (Lipinski definition) is 4. The summed E-state index contributed by atoms with van der Waals surface area (Å²) in [5, 5.41) is 12.6. The second-order valence-electron chi connectivity index (χ2n) is 6.54. The molecule has 0 fully saturated rings. The smallest absolute Gasteiger partial charge is 0.272 e. The number of aromatic nitrogens is 2. The normalized spacial score (nSPS) is 18.9. The van der Waals surface area contributed by atoms with Gasteiger partial charge in [-0.1, -0.05) is 12.1 Å². The summed E-state index contributed by atoms with van der Waals surface area (Å²) < 4.78 is 5.75. The van der Waals surface area contributed by atoms with Crippen LogP contribution in [0.2, 0.25) is 0 Å². The highest BCUT2D eigenvalue weighted by atomic mass is 16.5. The lowest BCUT2D eigenvalue weighted by Gasteiger charge is -2.25. The van der Waals surface area contributed by atoms with Crippen molar-refractivity contribution in [2.75, 3.05) is 13.6 Å². The third-order valence-electron chi connectivity index (χ3n) is 4.59. The monoisotopic (exact) mass is 356 g/mol. The molecule has 1 aliphatic rings. The Kier molecular flexibility index (Phi) is 5.37. The predicted molar refractivity (Wildman–Crippen MR) is 97.1 cm³/mol. The minimum Gasteiger partial charge on any atom is -0.369 e. The number of hydrogen-bond donors (Lipinski definition) is 3. The van der Waals surface area contributed by atoms with Crippen molar-refractivity contribution in [1.82, 2.24) is 20.8 Å². The molecule has 0 spiro atoms. The van der Waals surface area contributed by atoms with Gasteiger partial charge >= 0.3 is 0 Å². The van der Waals surface area contributed by atoms with Crippen molar-refractivity contribution < 1.29 is 14.3 Å². The van der Waals surface area contributed by atoms with E-state index in [9.17, 15) is 9.59 Å². The Labute approximate surface area is 152 Å². The van der Waals surface area contributed by atoms with Crippen molar-refractivity contribution in [1.29, 1.82) is 0 Å². The maximum Gasteiger partial charge on any atom is 0.272 e. The van der Waals surface area contributed by atoms with E-state index in [4.69, 9.17) is 4.74 Å². The fourth-order valence-electron chi connectivity index (χ4n) is 3.23. The Bertz CT molecular complexity index is 798. The van der Waals surface area contributed by atoms with Crippen LogP contribution in [-0.2, 0) is 17.6 Å². The van der Waals surface area contributed by atoms with Crippen molar-refractivity contribution in [2.45, 2.75) is 38.9 Å². The molecule has 0 saturated heterocycles. The summed E-state index contributed by atoms with van der Waals surface area (Å²) in [6.07, 6.45) is 1.35. The fourth-order valence-corrected chi connectivity index (χ4v) is 3.23. The molecule has 26 heavy (non-hydrogen) atoms. The molecule has 1 aromatic heterocycles. The number of aromatic amines is 1. The van der Waals surface area contributed by atoms with E-state index in [0.29, 0.717) is 30.6 Å². The van der Waals surface area contributed by atoms with Gasteiger partial charge in [0, 0.05) is 31.1 Å². The molecule has 138 valence electrons. The van der Waals surface area contributed by atoms with Crippen molar-refractivity contribution >= 4 is 11.8 Å². The number of ether oxygens (including phenoxy) is 1. The Balaban J connectivity index is 1.57. The Morgan fingerprint density at radius 1 is 1.23 bits per heavy atom. The number of rotatable bonds is 5. The largest absolute Gasteiger partial charge is 0.369 e. The van der Waals surface area contributed by atoms with Crippen molar-refractivity contribution in [3.05, 3.63) is 52.3 Å². The summed E-state index contributed by atoms with van der Waals surface area (Å²) in [7, 11) is 1.60. The van der Waals surface area contributed by atoms with Crippen LogP contribution in [0.5, 0.6) is 0 Å². The molecule has 7 heteroatoms. The first-order valence-corrected chi connectivity index (χ1v) is 8.81. The zero-order valence-corrected chi connectivity index (χ0v) is 15.3. The van der Waals surface area contributed by atoms with Crippen LogP contribution in [0.15, 0.2) is 24.3 Å². The lowest BCUT2D eigenvalue weighted by Crippen LogP contribution is -2.29. The summed E-state index contributed by atoms with van der Waals surface area (Å²) in [4.78, 5) is 24.0. The maximum absolute atomic E-state index is 12.5. The third-order valence-corrected chi connectivity index (χ3v) is 4.59. The number of amides is 2. The average molecular weight is 356 g/mol. The summed E-state index contributed by atoms with van der Waals surface area (Å²) in [5.41, 5.74) is 3.96. The minimum absolute atomic E-state index is 0.0699. The number of carbonyl (C=O) groups excluding carboxylic acids is 2. The minimum atomic E-state index is -0.175. The van der Waals surface area contributed by atoms with Crippen LogP contribution in [0.1, 0.15) is 57.6 Å². The van der Waals surface area contributed by atoms with Crippen LogP contribution in [0, 0.1) is 0 Å². The summed E-state index contributed by atoms with van der Waals surface area (Å²) in [6, 6.07) is 7.35. The first-order valence-electron chi connectivity index (χ1n) is 8.81. The van der Waals surface area contributed by atoms with Gasteiger partial charge in [0.15, 0.2) is 5.69 Å². The molecule has 1 aromatic carbocycles. The Hall–Kier alpha value is -2.67. The van der Waals surface area contributed by atoms with Gasteiger partial charge in [0.25, 0.3) is 11.8 Å². The van der Waals surface area contributed by atoms with Crippen molar-refractivity contribution in [3.63, 3.8) is 0 Å². The number of benzene rings is 1. The van der Waals surface area contributed by atoms with E-state index >= 15 is 0 Å². The van der Waals surface area contributed by atoms with Crippen molar-refractivity contribution in [3.8, 4) is 0 Å². The number of carbonyl (C=O) groups is 2. The highest BCUT2D eigenvalue weighted by Crippen LogP contribution is 2.29. The van der Waals surface area contributed by atoms with Crippen molar-refractivity contribution in [2.24, 2.45) is 0 Å². The number of H-pyrrole nitrogens is 1. The van der Waals surface area contributed by atoms with Gasteiger partial charge < -0.3 is 15.4 Å². The highest BCUT2D eigenvalue weighted by Gasteiger charge is 2.29. The van der Waals surface area contributed by atoms with Gasteiger partial charge in [-0.15, -0.1) is 0 Å². The van der Waals surface area contributed by atoms with E-state index in [1.165, 1.54) is 0 Å². The van der Waals surface area contributed by atoms with Gasteiger partial charge in [-0.2, -0.15) is 5.10 Å². The van der Waals surface area contributed by atoms with Crippen LogP contribution in [-0.4, -0.2) is 41.7 Å². The quantitative estimate of drug-likeness (QED) is 0.761. The highest BCUT2D eigenvalue weighted by molar-refractivity contribution is 5.94. The van der Waals surface area contributed by atoms with E-state index in [2.05, 4.69) is 20.8 Å². The predicted octanol–water partition coefficient (Wildman–Crippen LogP) is 1.76. The maximum atomic E-state index is 12.5. The Morgan fingerprint density at radius 3 is 2.65 bits per heavy atom. The molecular formula is C19H24N4O3. The molecule has 0 saturated carbocycles. The van der Waals surface area contributed by atoms with E-state index in [-0.39, 0.29) is 24.0 Å². The first-order chi connectivity index (χ1) is 12.5. The molecule has 2 amide bonds. The SMILES string of the molecule is CNC(=O)c1ccc(CCNC(=O)c2n[nH]c3c2C[C@H](C)O[C@@H]3C)cc1. The lowest BCUT2D eigenvalue weighted by atomic mass is 9.99. The zero-order chi connectivity index (χ0) is 18.7.